The molecule has 1 aromatic carbocycles. The van der Waals surface area contributed by atoms with E-state index in [1.807, 2.05) is 44.2 Å². The van der Waals surface area contributed by atoms with E-state index in [1.54, 1.807) is 6.20 Å². The van der Waals surface area contributed by atoms with Crippen molar-refractivity contribution in [3.8, 4) is 0 Å². The van der Waals surface area contributed by atoms with E-state index in [0.29, 0.717) is 5.69 Å². The number of aryl methyl sites for hydroxylation is 2. The Kier molecular flexibility index (Phi) is 5.14. The third-order valence-electron chi connectivity index (χ3n) is 4.59. The maximum absolute atomic E-state index is 12.6. The van der Waals surface area contributed by atoms with Crippen molar-refractivity contribution in [3.05, 3.63) is 53.3 Å². The number of hydrogen-bond acceptors (Lipinski definition) is 3. The van der Waals surface area contributed by atoms with Gasteiger partial charge in [0.2, 0.25) is 0 Å². The molecule has 1 aromatic heterocycles. The maximum atomic E-state index is 12.6. The minimum absolute atomic E-state index is 0.152. The molecule has 2 aromatic rings. The van der Waals surface area contributed by atoms with Gasteiger partial charge in [-0.05, 0) is 56.0 Å². The lowest BCUT2D eigenvalue weighted by Gasteiger charge is -2.22. The van der Waals surface area contributed by atoms with Crippen molar-refractivity contribution in [3.63, 3.8) is 0 Å². The third kappa shape index (κ3) is 3.94. The SMILES string of the molecule is Cc1ccc(C)c(NC(=O)c2cc(N3CCCCCC3)ccn2)c1. The van der Waals surface area contributed by atoms with Crippen LogP contribution in [0.3, 0.4) is 0 Å². The van der Waals surface area contributed by atoms with E-state index in [2.05, 4.69) is 15.2 Å². The van der Waals surface area contributed by atoms with Crippen LogP contribution in [0.1, 0.15) is 47.3 Å². The van der Waals surface area contributed by atoms with Gasteiger partial charge in [0.05, 0.1) is 0 Å². The number of aromatic nitrogens is 1. The maximum Gasteiger partial charge on any atom is 0.274 e. The van der Waals surface area contributed by atoms with E-state index in [9.17, 15) is 4.79 Å². The topological polar surface area (TPSA) is 45.2 Å². The number of hydrogen-bond donors (Lipinski definition) is 1. The Bertz CT molecular complexity index is 719. The van der Waals surface area contributed by atoms with Gasteiger partial charge in [-0.1, -0.05) is 25.0 Å². The number of rotatable bonds is 3. The lowest BCUT2D eigenvalue weighted by Crippen LogP contribution is -2.24. The number of carbonyl (C=O) groups excluding carboxylic acids is 1. The van der Waals surface area contributed by atoms with E-state index >= 15 is 0 Å². The molecule has 1 N–H and O–H groups in total. The summed E-state index contributed by atoms with van der Waals surface area (Å²) in [4.78, 5) is 19.2. The number of pyridine rings is 1. The van der Waals surface area contributed by atoms with Gasteiger partial charge in [-0.25, -0.2) is 0 Å². The van der Waals surface area contributed by atoms with E-state index in [1.165, 1.54) is 25.7 Å². The van der Waals surface area contributed by atoms with Gasteiger partial charge in [0, 0.05) is 30.7 Å². The van der Waals surface area contributed by atoms with Crippen molar-refractivity contribution in [1.82, 2.24) is 4.98 Å². The highest BCUT2D eigenvalue weighted by Gasteiger charge is 2.14. The van der Waals surface area contributed by atoms with Crippen LogP contribution < -0.4 is 10.2 Å². The molecule has 0 atom stereocenters. The molecule has 1 aliphatic rings. The van der Waals surface area contributed by atoms with Crippen LogP contribution in [-0.2, 0) is 0 Å². The van der Waals surface area contributed by atoms with Gasteiger partial charge < -0.3 is 10.2 Å². The first kappa shape index (κ1) is 16.5. The molecule has 24 heavy (non-hydrogen) atoms. The fourth-order valence-corrected chi connectivity index (χ4v) is 3.13. The monoisotopic (exact) mass is 323 g/mol. The smallest absolute Gasteiger partial charge is 0.274 e. The summed E-state index contributed by atoms with van der Waals surface area (Å²) < 4.78 is 0. The van der Waals surface area contributed by atoms with E-state index < -0.39 is 0 Å². The van der Waals surface area contributed by atoms with Gasteiger partial charge in [0.1, 0.15) is 5.69 Å². The molecule has 1 aliphatic heterocycles. The van der Waals surface area contributed by atoms with Crippen molar-refractivity contribution in [2.75, 3.05) is 23.3 Å². The van der Waals surface area contributed by atoms with Crippen LogP contribution in [0.25, 0.3) is 0 Å². The van der Waals surface area contributed by atoms with Crippen LogP contribution >= 0.6 is 0 Å². The second kappa shape index (κ2) is 7.47. The van der Waals surface area contributed by atoms with Crippen LogP contribution in [-0.4, -0.2) is 24.0 Å². The number of anilines is 2. The molecule has 0 spiro atoms. The fraction of sp³-hybridized carbons (Fsp3) is 0.400. The van der Waals surface area contributed by atoms with Gasteiger partial charge in [-0.15, -0.1) is 0 Å². The number of benzene rings is 1. The largest absolute Gasteiger partial charge is 0.371 e. The summed E-state index contributed by atoms with van der Waals surface area (Å²) in [7, 11) is 0. The predicted octanol–water partition coefficient (Wildman–Crippen LogP) is 4.33. The molecule has 1 saturated heterocycles. The van der Waals surface area contributed by atoms with Crippen LogP contribution in [0.5, 0.6) is 0 Å². The van der Waals surface area contributed by atoms with Crippen molar-refractivity contribution >= 4 is 17.3 Å². The van der Waals surface area contributed by atoms with Crippen LogP contribution in [0, 0.1) is 13.8 Å². The summed E-state index contributed by atoms with van der Waals surface area (Å²) in [6, 6.07) is 9.97. The van der Waals surface area contributed by atoms with Crippen LogP contribution in [0.2, 0.25) is 0 Å². The predicted molar refractivity (Wildman–Crippen MR) is 98.8 cm³/mol. The minimum Gasteiger partial charge on any atom is -0.371 e. The molecule has 4 nitrogen and oxygen atoms in total. The van der Waals surface area contributed by atoms with Gasteiger partial charge in [0.15, 0.2) is 0 Å². The van der Waals surface area contributed by atoms with E-state index in [4.69, 9.17) is 0 Å². The summed E-state index contributed by atoms with van der Waals surface area (Å²) >= 11 is 0. The highest BCUT2D eigenvalue weighted by atomic mass is 16.1. The Balaban J connectivity index is 1.77. The average molecular weight is 323 g/mol. The molecule has 126 valence electrons. The van der Waals surface area contributed by atoms with Gasteiger partial charge in [0.25, 0.3) is 5.91 Å². The summed E-state index contributed by atoms with van der Waals surface area (Å²) in [5, 5.41) is 2.99. The van der Waals surface area contributed by atoms with E-state index in [-0.39, 0.29) is 5.91 Å². The van der Waals surface area contributed by atoms with Crippen molar-refractivity contribution in [1.29, 1.82) is 0 Å². The van der Waals surface area contributed by atoms with Gasteiger partial charge in [-0.2, -0.15) is 0 Å². The third-order valence-corrected chi connectivity index (χ3v) is 4.59. The average Bonchev–Trinajstić information content (AvgIpc) is 2.87. The Hall–Kier alpha value is -2.36. The molecule has 1 amide bonds. The Morgan fingerprint density at radius 3 is 2.54 bits per heavy atom. The van der Waals surface area contributed by atoms with Crippen LogP contribution in [0.4, 0.5) is 11.4 Å². The minimum atomic E-state index is -0.152. The zero-order chi connectivity index (χ0) is 16.9. The highest BCUT2D eigenvalue weighted by molar-refractivity contribution is 6.03. The molecule has 4 heteroatoms. The summed E-state index contributed by atoms with van der Waals surface area (Å²) in [6.07, 6.45) is 6.75. The van der Waals surface area contributed by atoms with Gasteiger partial charge >= 0.3 is 0 Å². The second-order valence-electron chi connectivity index (χ2n) is 6.57. The van der Waals surface area contributed by atoms with Crippen LogP contribution in [0.15, 0.2) is 36.5 Å². The molecule has 1 fully saturated rings. The van der Waals surface area contributed by atoms with Gasteiger partial charge in [-0.3, -0.25) is 9.78 Å². The normalized spacial score (nSPS) is 15.0. The Morgan fingerprint density at radius 1 is 1.04 bits per heavy atom. The molecule has 3 rings (SSSR count). The zero-order valence-corrected chi connectivity index (χ0v) is 14.5. The molecule has 0 bridgehead atoms. The number of carbonyl (C=O) groups is 1. The molecule has 0 unspecified atom stereocenters. The lowest BCUT2D eigenvalue weighted by atomic mass is 10.1. The lowest BCUT2D eigenvalue weighted by molar-refractivity contribution is 0.102. The molecule has 2 heterocycles. The molecule has 0 radical (unpaired) electrons. The Labute approximate surface area is 143 Å². The summed E-state index contributed by atoms with van der Waals surface area (Å²) in [6.45, 7) is 6.13. The Morgan fingerprint density at radius 2 is 1.79 bits per heavy atom. The molecule has 0 aliphatic carbocycles. The quantitative estimate of drug-likeness (QED) is 0.914. The zero-order valence-electron chi connectivity index (χ0n) is 14.5. The highest BCUT2D eigenvalue weighted by Crippen LogP contribution is 2.21. The fourth-order valence-electron chi connectivity index (χ4n) is 3.13. The standard InChI is InChI=1S/C20H25N3O/c1-15-7-8-16(2)18(13-15)22-20(24)19-14-17(9-10-21-19)23-11-5-3-4-6-12-23/h7-10,13-14H,3-6,11-12H2,1-2H3,(H,22,24). The molecular weight excluding hydrogens is 298 g/mol. The number of nitrogens with one attached hydrogen (secondary N) is 1. The first-order valence-electron chi connectivity index (χ1n) is 8.73. The van der Waals surface area contributed by atoms with Crippen molar-refractivity contribution < 1.29 is 4.79 Å². The van der Waals surface area contributed by atoms with E-state index in [0.717, 1.165) is 35.6 Å². The van der Waals surface area contributed by atoms with Crippen molar-refractivity contribution in [2.24, 2.45) is 0 Å². The summed E-state index contributed by atoms with van der Waals surface area (Å²) in [5.41, 5.74) is 4.59. The summed E-state index contributed by atoms with van der Waals surface area (Å²) in [5.74, 6) is -0.152. The second-order valence-corrected chi connectivity index (χ2v) is 6.57. The molecular formula is C20H25N3O. The van der Waals surface area contributed by atoms with Crippen molar-refractivity contribution in [2.45, 2.75) is 39.5 Å². The number of nitrogens with zero attached hydrogens (tertiary/aromatic N) is 2. The first-order chi connectivity index (χ1) is 11.6. The first-order valence-corrected chi connectivity index (χ1v) is 8.73. The number of amides is 1. The molecule has 0 saturated carbocycles.